The van der Waals surface area contributed by atoms with Crippen molar-refractivity contribution in [3.63, 3.8) is 0 Å². The zero-order valence-electron chi connectivity index (χ0n) is 15.8. The molecule has 3 aromatic rings. The standard InChI is InChI=1S/C21H23N5O3/c22-17(7-4-10-25-21(23)24)19(27)26-15-9-8-14-11-16(13-5-2-1-3-6-13)20(28)29-18(14)12-15/h1-3,5-6,8-9,11-12,17H,4,7,10,22H2,(H,26,27)(H4,23,24,25)/t17-/m0/s1. The lowest BCUT2D eigenvalue weighted by Gasteiger charge is -2.12. The fourth-order valence-corrected chi connectivity index (χ4v) is 2.89. The van der Waals surface area contributed by atoms with E-state index in [4.69, 9.17) is 21.6 Å². The monoisotopic (exact) mass is 393 g/mol. The molecule has 0 saturated heterocycles. The summed E-state index contributed by atoms with van der Waals surface area (Å²) in [5, 5.41) is 3.49. The van der Waals surface area contributed by atoms with Crippen molar-refractivity contribution < 1.29 is 9.21 Å². The molecule has 0 aliphatic heterocycles. The minimum absolute atomic E-state index is 0.0103. The number of hydrogen-bond donors (Lipinski definition) is 4. The minimum Gasteiger partial charge on any atom is -0.422 e. The van der Waals surface area contributed by atoms with Gasteiger partial charge in [0.15, 0.2) is 5.96 Å². The minimum atomic E-state index is -0.702. The van der Waals surface area contributed by atoms with Gasteiger partial charge in [-0.25, -0.2) is 4.79 Å². The quantitative estimate of drug-likeness (QED) is 0.208. The third-order valence-corrected chi connectivity index (χ3v) is 4.39. The summed E-state index contributed by atoms with van der Waals surface area (Å²) in [7, 11) is 0. The van der Waals surface area contributed by atoms with E-state index < -0.39 is 11.7 Å². The number of amides is 1. The number of benzene rings is 2. The summed E-state index contributed by atoms with van der Waals surface area (Å²) in [6.45, 7) is 0.411. The van der Waals surface area contributed by atoms with Crippen LogP contribution in [0.5, 0.6) is 0 Å². The largest absolute Gasteiger partial charge is 0.422 e. The Kier molecular flexibility index (Phi) is 6.25. The van der Waals surface area contributed by atoms with Crippen LogP contribution in [-0.4, -0.2) is 24.5 Å². The number of fused-ring (bicyclic) bond motifs is 1. The third-order valence-electron chi connectivity index (χ3n) is 4.39. The molecule has 0 bridgehead atoms. The van der Waals surface area contributed by atoms with Crippen LogP contribution in [0.3, 0.4) is 0 Å². The van der Waals surface area contributed by atoms with Crippen LogP contribution in [0.25, 0.3) is 22.1 Å². The Morgan fingerprint density at radius 3 is 2.59 bits per heavy atom. The van der Waals surface area contributed by atoms with E-state index in [2.05, 4.69) is 10.3 Å². The van der Waals surface area contributed by atoms with Crippen molar-refractivity contribution in [2.75, 3.05) is 11.9 Å². The van der Waals surface area contributed by atoms with Gasteiger partial charge in [-0.3, -0.25) is 9.79 Å². The molecular weight excluding hydrogens is 370 g/mol. The molecule has 8 nitrogen and oxygen atoms in total. The van der Waals surface area contributed by atoms with E-state index in [9.17, 15) is 9.59 Å². The molecule has 2 aromatic carbocycles. The first-order valence-electron chi connectivity index (χ1n) is 9.19. The van der Waals surface area contributed by atoms with Crippen molar-refractivity contribution in [1.29, 1.82) is 0 Å². The molecule has 1 atom stereocenters. The van der Waals surface area contributed by atoms with Gasteiger partial charge in [-0.1, -0.05) is 30.3 Å². The molecular formula is C21H23N5O3. The highest BCUT2D eigenvalue weighted by Crippen LogP contribution is 2.23. The van der Waals surface area contributed by atoms with Crippen LogP contribution in [0.2, 0.25) is 0 Å². The van der Waals surface area contributed by atoms with Gasteiger partial charge < -0.3 is 26.9 Å². The van der Waals surface area contributed by atoms with E-state index in [0.29, 0.717) is 36.2 Å². The van der Waals surface area contributed by atoms with Gasteiger partial charge in [0.2, 0.25) is 5.91 Å². The fraction of sp³-hybridized carbons (Fsp3) is 0.190. The molecule has 1 heterocycles. The molecule has 0 aliphatic rings. The maximum Gasteiger partial charge on any atom is 0.344 e. The molecule has 0 saturated carbocycles. The van der Waals surface area contributed by atoms with E-state index >= 15 is 0 Å². The van der Waals surface area contributed by atoms with Gasteiger partial charge in [-0.15, -0.1) is 0 Å². The summed E-state index contributed by atoms with van der Waals surface area (Å²) in [5.41, 5.74) is 18.1. The second kappa shape index (κ2) is 9.03. The number of anilines is 1. The Labute approximate surface area is 167 Å². The van der Waals surface area contributed by atoms with Crippen LogP contribution in [0, 0.1) is 0 Å². The second-order valence-corrected chi connectivity index (χ2v) is 6.61. The lowest BCUT2D eigenvalue weighted by atomic mass is 10.1. The summed E-state index contributed by atoms with van der Waals surface area (Å²) in [5.74, 6) is -0.326. The molecule has 0 spiro atoms. The van der Waals surface area contributed by atoms with E-state index in [1.54, 1.807) is 24.3 Å². The third kappa shape index (κ3) is 5.20. The number of nitrogens with zero attached hydrogens (tertiary/aromatic N) is 1. The summed E-state index contributed by atoms with van der Waals surface area (Å²) in [6, 6.07) is 15.5. The average molecular weight is 393 g/mol. The van der Waals surface area contributed by atoms with Gasteiger partial charge in [-0.2, -0.15) is 0 Å². The number of nitrogens with two attached hydrogens (primary N) is 3. The number of carbonyl (C=O) groups excluding carboxylic acids is 1. The second-order valence-electron chi connectivity index (χ2n) is 6.61. The van der Waals surface area contributed by atoms with Crippen LogP contribution >= 0.6 is 0 Å². The lowest BCUT2D eigenvalue weighted by molar-refractivity contribution is -0.117. The van der Waals surface area contributed by atoms with Crippen molar-refractivity contribution in [2.24, 2.45) is 22.2 Å². The summed E-state index contributed by atoms with van der Waals surface area (Å²) >= 11 is 0. The van der Waals surface area contributed by atoms with E-state index in [0.717, 1.165) is 10.9 Å². The first kappa shape index (κ1) is 20.1. The summed E-state index contributed by atoms with van der Waals surface area (Å²) in [4.78, 5) is 28.5. The molecule has 0 aliphatic carbocycles. The number of nitrogens with one attached hydrogen (secondary N) is 1. The van der Waals surface area contributed by atoms with Crippen molar-refractivity contribution in [3.05, 3.63) is 65.0 Å². The molecule has 0 fully saturated rings. The molecule has 0 radical (unpaired) electrons. The number of carbonyl (C=O) groups is 1. The fourth-order valence-electron chi connectivity index (χ4n) is 2.89. The molecule has 1 aromatic heterocycles. The Hall–Kier alpha value is -3.65. The number of aliphatic imine (C=N–C) groups is 1. The number of hydrogen-bond acceptors (Lipinski definition) is 5. The van der Waals surface area contributed by atoms with Crippen LogP contribution in [0.1, 0.15) is 12.8 Å². The Balaban J connectivity index is 1.72. The highest BCUT2D eigenvalue weighted by Gasteiger charge is 2.14. The van der Waals surface area contributed by atoms with Crippen molar-refractivity contribution in [2.45, 2.75) is 18.9 Å². The number of guanidine groups is 1. The highest BCUT2D eigenvalue weighted by molar-refractivity contribution is 5.96. The number of rotatable bonds is 7. The molecule has 8 heteroatoms. The van der Waals surface area contributed by atoms with Crippen LogP contribution in [0.15, 0.2) is 68.8 Å². The molecule has 3 rings (SSSR count). The molecule has 150 valence electrons. The molecule has 7 N–H and O–H groups in total. The van der Waals surface area contributed by atoms with Gasteiger partial charge in [0.1, 0.15) is 5.58 Å². The van der Waals surface area contributed by atoms with Gasteiger partial charge >= 0.3 is 5.63 Å². The highest BCUT2D eigenvalue weighted by atomic mass is 16.4. The maximum absolute atomic E-state index is 12.4. The summed E-state index contributed by atoms with van der Waals surface area (Å²) in [6.07, 6.45) is 1.02. The normalized spacial score (nSPS) is 11.8. The lowest BCUT2D eigenvalue weighted by Crippen LogP contribution is -2.35. The van der Waals surface area contributed by atoms with Crippen molar-refractivity contribution >= 4 is 28.5 Å². The molecule has 29 heavy (non-hydrogen) atoms. The van der Waals surface area contributed by atoms with Gasteiger partial charge in [0.05, 0.1) is 11.6 Å². The van der Waals surface area contributed by atoms with E-state index in [1.165, 1.54) is 0 Å². The zero-order chi connectivity index (χ0) is 20.8. The zero-order valence-corrected chi connectivity index (χ0v) is 15.8. The SMILES string of the molecule is NC(N)=NCCC[C@H](N)C(=O)Nc1ccc2cc(-c3ccccc3)c(=O)oc2c1. The Morgan fingerprint density at radius 2 is 1.86 bits per heavy atom. The predicted octanol–water partition coefficient (Wildman–Crippen LogP) is 1.78. The van der Waals surface area contributed by atoms with Gasteiger partial charge in [0.25, 0.3) is 0 Å². The van der Waals surface area contributed by atoms with Gasteiger partial charge in [-0.05, 0) is 36.6 Å². The van der Waals surface area contributed by atoms with Crippen molar-refractivity contribution in [1.82, 2.24) is 0 Å². The molecule has 1 amide bonds. The predicted molar refractivity (Wildman–Crippen MR) is 114 cm³/mol. The summed E-state index contributed by atoms with van der Waals surface area (Å²) < 4.78 is 5.46. The van der Waals surface area contributed by atoms with Gasteiger partial charge in [0, 0.05) is 23.7 Å². The smallest absolute Gasteiger partial charge is 0.344 e. The Bertz CT molecular complexity index is 1090. The topological polar surface area (TPSA) is 150 Å². The average Bonchev–Trinajstić information content (AvgIpc) is 2.71. The first-order valence-corrected chi connectivity index (χ1v) is 9.19. The van der Waals surface area contributed by atoms with Crippen LogP contribution < -0.4 is 28.1 Å². The van der Waals surface area contributed by atoms with Crippen LogP contribution in [0.4, 0.5) is 5.69 Å². The first-order chi connectivity index (χ1) is 13.9. The Morgan fingerprint density at radius 1 is 1.10 bits per heavy atom. The molecule has 0 unspecified atom stereocenters. The maximum atomic E-state index is 12.4. The van der Waals surface area contributed by atoms with E-state index in [-0.39, 0.29) is 11.9 Å². The van der Waals surface area contributed by atoms with E-state index in [1.807, 2.05) is 30.3 Å². The van der Waals surface area contributed by atoms with Crippen molar-refractivity contribution in [3.8, 4) is 11.1 Å². The van der Waals surface area contributed by atoms with Crippen LogP contribution in [-0.2, 0) is 4.79 Å².